The van der Waals surface area contributed by atoms with Gasteiger partial charge < -0.3 is 9.47 Å². The predicted molar refractivity (Wildman–Crippen MR) is 156 cm³/mol. The minimum Gasteiger partial charge on any atom is -0.462 e. The number of hydrogen-bond acceptors (Lipinski definition) is 5. The average Bonchev–Trinajstić information content (AvgIpc) is 2.97. The summed E-state index contributed by atoms with van der Waals surface area (Å²) < 4.78 is 11.0. The van der Waals surface area contributed by atoms with Crippen molar-refractivity contribution in [3.63, 3.8) is 0 Å². The summed E-state index contributed by atoms with van der Waals surface area (Å²) >= 11 is 0. The van der Waals surface area contributed by atoms with E-state index in [1.807, 2.05) is 12.1 Å². The second-order valence-electron chi connectivity index (χ2n) is 10.7. The summed E-state index contributed by atoms with van der Waals surface area (Å²) in [6.07, 6.45) is 17.7. The quantitative estimate of drug-likeness (QED) is 0.106. The summed E-state index contributed by atoms with van der Waals surface area (Å²) in [5.74, 6) is 6.96. The number of esters is 2. The number of carbonyl (C=O) groups is 2. The van der Waals surface area contributed by atoms with Gasteiger partial charge in [0.2, 0.25) is 0 Å². The van der Waals surface area contributed by atoms with Gasteiger partial charge in [0.15, 0.2) is 0 Å². The van der Waals surface area contributed by atoms with Gasteiger partial charge in [-0.1, -0.05) is 77.6 Å². The Labute approximate surface area is 235 Å². The summed E-state index contributed by atoms with van der Waals surface area (Å²) in [7, 11) is 0. The van der Waals surface area contributed by atoms with Gasteiger partial charge in [-0.15, -0.1) is 0 Å². The topological polar surface area (TPSA) is 65.5 Å². The van der Waals surface area contributed by atoms with Crippen molar-refractivity contribution in [3.05, 3.63) is 59.4 Å². The van der Waals surface area contributed by atoms with Gasteiger partial charge in [-0.25, -0.2) is 9.78 Å². The van der Waals surface area contributed by atoms with Crippen LogP contribution in [-0.4, -0.2) is 23.5 Å². The lowest BCUT2D eigenvalue weighted by atomic mass is 9.80. The lowest BCUT2D eigenvalue weighted by molar-refractivity contribution is -0.140. The van der Waals surface area contributed by atoms with Gasteiger partial charge in [0.05, 0.1) is 18.1 Å². The third-order valence-corrected chi connectivity index (χ3v) is 7.53. The number of aromatic nitrogens is 1. The van der Waals surface area contributed by atoms with Crippen molar-refractivity contribution >= 4 is 11.9 Å². The first-order valence-corrected chi connectivity index (χ1v) is 15.1. The van der Waals surface area contributed by atoms with Gasteiger partial charge in [0.1, 0.15) is 11.4 Å². The van der Waals surface area contributed by atoms with Crippen molar-refractivity contribution in [2.75, 3.05) is 6.61 Å². The molecule has 0 saturated heterocycles. The minimum absolute atomic E-state index is 0.00812. The van der Waals surface area contributed by atoms with Crippen molar-refractivity contribution in [1.82, 2.24) is 4.98 Å². The summed E-state index contributed by atoms with van der Waals surface area (Å²) in [5, 5.41) is 0. The molecule has 0 N–H and O–H groups in total. The van der Waals surface area contributed by atoms with Gasteiger partial charge in [-0.3, -0.25) is 4.79 Å². The van der Waals surface area contributed by atoms with Crippen LogP contribution in [0, 0.1) is 23.7 Å². The van der Waals surface area contributed by atoms with Gasteiger partial charge >= 0.3 is 11.9 Å². The van der Waals surface area contributed by atoms with Crippen molar-refractivity contribution in [1.29, 1.82) is 0 Å². The fourth-order valence-corrected chi connectivity index (χ4v) is 5.03. The number of unbranched alkanes of at least 4 members (excludes halogenated alkanes) is 7. The van der Waals surface area contributed by atoms with Gasteiger partial charge in [-0.2, -0.15) is 0 Å². The van der Waals surface area contributed by atoms with Crippen LogP contribution >= 0.6 is 0 Å². The molecule has 5 heteroatoms. The molecule has 1 aromatic carbocycles. The Morgan fingerprint density at radius 1 is 0.821 bits per heavy atom. The highest BCUT2D eigenvalue weighted by atomic mass is 16.5. The average molecular weight is 532 g/mol. The summed E-state index contributed by atoms with van der Waals surface area (Å²) in [5.41, 5.74) is 1.80. The fraction of sp³-hybridized carbons (Fsp3) is 0.559. The molecule has 0 amide bonds. The Hall–Kier alpha value is -3.13. The highest BCUT2D eigenvalue weighted by molar-refractivity contribution is 5.89. The molecular formula is C34H45NO4. The molecule has 1 heterocycles. The number of hydrogen-bond donors (Lipinski definition) is 0. The van der Waals surface area contributed by atoms with Crippen LogP contribution in [0.5, 0.6) is 5.75 Å². The van der Waals surface area contributed by atoms with E-state index in [0.29, 0.717) is 23.6 Å². The molecule has 210 valence electrons. The van der Waals surface area contributed by atoms with Crippen LogP contribution in [-0.2, 0) is 9.53 Å². The Morgan fingerprint density at radius 3 is 2.21 bits per heavy atom. The number of benzene rings is 1. The van der Waals surface area contributed by atoms with Crippen LogP contribution in [0.15, 0.2) is 42.6 Å². The molecule has 0 aliphatic heterocycles. The Kier molecular flexibility index (Phi) is 13.6. The molecule has 1 aromatic heterocycles. The Bertz CT molecular complexity index is 1060. The molecule has 1 fully saturated rings. The molecule has 0 bridgehead atoms. The normalized spacial score (nSPS) is 16.7. The van der Waals surface area contributed by atoms with Gasteiger partial charge in [-0.05, 0) is 80.3 Å². The molecule has 1 aliphatic rings. The lowest BCUT2D eigenvalue weighted by Crippen LogP contribution is -2.25. The monoisotopic (exact) mass is 531 g/mol. The van der Waals surface area contributed by atoms with E-state index in [2.05, 4.69) is 30.7 Å². The van der Waals surface area contributed by atoms with E-state index in [1.165, 1.54) is 57.6 Å². The highest BCUT2D eigenvalue weighted by Gasteiger charge is 2.27. The van der Waals surface area contributed by atoms with Crippen molar-refractivity contribution < 1.29 is 19.1 Å². The first-order valence-electron chi connectivity index (χ1n) is 15.1. The van der Waals surface area contributed by atoms with Crippen LogP contribution < -0.4 is 4.74 Å². The second kappa shape index (κ2) is 17.5. The van der Waals surface area contributed by atoms with E-state index in [1.54, 1.807) is 24.3 Å². The molecule has 1 aliphatic carbocycles. The minimum atomic E-state index is -0.347. The fourth-order valence-electron chi connectivity index (χ4n) is 5.03. The van der Waals surface area contributed by atoms with Crippen LogP contribution in [0.1, 0.15) is 125 Å². The van der Waals surface area contributed by atoms with E-state index in [-0.39, 0.29) is 17.9 Å². The summed E-state index contributed by atoms with van der Waals surface area (Å²) in [6.45, 7) is 4.88. The molecule has 2 aromatic rings. The largest absolute Gasteiger partial charge is 0.462 e. The number of carbonyl (C=O) groups excluding carboxylic acids is 2. The third kappa shape index (κ3) is 11.2. The Morgan fingerprint density at radius 2 is 1.51 bits per heavy atom. The van der Waals surface area contributed by atoms with E-state index in [0.717, 1.165) is 50.0 Å². The second-order valence-corrected chi connectivity index (χ2v) is 10.7. The maximum atomic E-state index is 12.6. The molecule has 3 rings (SSSR count). The van der Waals surface area contributed by atoms with E-state index < -0.39 is 0 Å². The number of rotatable bonds is 14. The maximum Gasteiger partial charge on any atom is 0.339 e. The molecule has 39 heavy (non-hydrogen) atoms. The zero-order valence-electron chi connectivity index (χ0n) is 23.9. The van der Waals surface area contributed by atoms with E-state index in [4.69, 9.17) is 9.47 Å². The lowest BCUT2D eigenvalue weighted by Gasteiger charge is -2.27. The smallest absolute Gasteiger partial charge is 0.339 e. The predicted octanol–water partition coefficient (Wildman–Crippen LogP) is 8.29. The van der Waals surface area contributed by atoms with Crippen LogP contribution in [0.4, 0.5) is 0 Å². The molecule has 0 spiro atoms. The van der Waals surface area contributed by atoms with E-state index >= 15 is 0 Å². The number of pyridine rings is 1. The molecule has 0 unspecified atom stereocenters. The first kappa shape index (κ1) is 30.4. The van der Waals surface area contributed by atoms with Crippen molar-refractivity contribution in [3.8, 4) is 17.6 Å². The SMILES string of the molecule is CCCCCCCCOC(=O)c1ccc(C#Cc2ccc(OC(=O)C3CCC(CCCCC)CC3)cc2)nc1. The van der Waals surface area contributed by atoms with Crippen molar-refractivity contribution in [2.24, 2.45) is 11.8 Å². The maximum absolute atomic E-state index is 12.6. The number of ether oxygens (including phenoxy) is 2. The summed E-state index contributed by atoms with van der Waals surface area (Å²) in [4.78, 5) is 29.1. The first-order chi connectivity index (χ1) is 19.1. The third-order valence-electron chi connectivity index (χ3n) is 7.53. The molecule has 1 saturated carbocycles. The van der Waals surface area contributed by atoms with Crippen LogP contribution in [0.25, 0.3) is 0 Å². The Balaban J connectivity index is 1.39. The highest BCUT2D eigenvalue weighted by Crippen LogP contribution is 2.33. The van der Waals surface area contributed by atoms with Crippen molar-refractivity contribution in [2.45, 2.75) is 104 Å². The zero-order chi connectivity index (χ0) is 27.7. The molecule has 0 radical (unpaired) electrons. The molecule has 0 atom stereocenters. The molecular weight excluding hydrogens is 486 g/mol. The standard InChI is InChI=1S/C34H45NO4/c1-3-5-7-8-9-11-25-38-33(36)30-20-22-31(35-26-30)21-15-28-16-23-32(24-17-28)39-34(37)29-18-13-27(14-19-29)12-10-6-4-2/h16-17,20,22-24,26-27,29H,3-14,18-19,25H2,1-2H3. The molecule has 5 nitrogen and oxygen atoms in total. The van der Waals surface area contributed by atoms with E-state index in [9.17, 15) is 9.59 Å². The van der Waals surface area contributed by atoms with Crippen LogP contribution in [0.2, 0.25) is 0 Å². The zero-order valence-corrected chi connectivity index (χ0v) is 23.9. The number of nitrogens with zero attached hydrogens (tertiary/aromatic N) is 1. The van der Waals surface area contributed by atoms with Gasteiger partial charge in [0, 0.05) is 11.8 Å². The van der Waals surface area contributed by atoms with Gasteiger partial charge in [0.25, 0.3) is 0 Å². The van der Waals surface area contributed by atoms with Crippen LogP contribution in [0.3, 0.4) is 0 Å². The summed E-state index contributed by atoms with van der Waals surface area (Å²) in [6, 6.07) is 10.7.